The molecule has 1 amide bonds. The second-order valence-corrected chi connectivity index (χ2v) is 7.98. The molecule has 1 aliphatic carbocycles. The molecule has 1 saturated carbocycles. The lowest BCUT2D eigenvalue weighted by Crippen LogP contribution is -2.52. The summed E-state index contributed by atoms with van der Waals surface area (Å²) in [6, 6.07) is 0.531. The predicted octanol–water partition coefficient (Wildman–Crippen LogP) is 1.46. The summed E-state index contributed by atoms with van der Waals surface area (Å²) in [5.41, 5.74) is 0. The van der Waals surface area contributed by atoms with Crippen molar-refractivity contribution < 1.29 is 9.90 Å². The number of aliphatic hydroxyl groups is 1. The van der Waals surface area contributed by atoms with Gasteiger partial charge in [-0.05, 0) is 70.0 Å². The number of carbonyl (C=O) groups is 1. The van der Waals surface area contributed by atoms with Crippen molar-refractivity contribution >= 4 is 5.91 Å². The maximum atomic E-state index is 12.7. The van der Waals surface area contributed by atoms with Gasteiger partial charge in [0.2, 0.25) is 5.91 Å². The van der Waals surface area contributed by atoms with Gasteiger partial charge in [0.1, 0.15) is 0 Å². The number of hydrogen-bond acceptors (Lipinski definition) is 4. The van der Waals surface area contributed by atoms with Gasteiger partial charge < -0.3 is 20.2 Å². The van der Waals surface area contributed by atoms with E-state index in [1.54, 1.807) is 0 Å². The number of nitrogens with zero attached hydrogens (tertiary/aromatic N) is 2. The Morgan fingerprint density at radius 3 is 2.54 bits per heavy atom. The Balaban J connectivity index is 1.36. The van der Waals surface area contributed by atoms with Crippen molar-refractivity contribution in [2.24, 2.45) is 11.8 Å². The summed E-state index contributed by atoms with van der Waals surface area (Å²) in [4.78, 5) is 17.2. The highest BCUT2D eigenvalue weighted by Gasteiger charge is 2.35. The lowest BCUT2D eigenvalue weighted by atomic mass is 9.78. The van der Waals surface area contributed by atoms with Crippen molar-refractivity contribution in [2.75, 3.05) is 45.9 Å². The van der Waals surface area contributed by atoms with Crippen molar-refractivity contribution in [3.63, 3.8) is 0 Å². The third-order valence-electron chi connectivity index (χ3n) is 6.40. The summed E-state index contributed by atoms with van der Waals surface area (Å²) in [6.07, 6.45) is 10.1. The quantitative estimate of drug-likeness (QED) is 0.770. The highest BCUT2D eigenvalue weighted by molar-refractivity contribution is 5.78. The number of nitrogens with one attached hydrogen (secondary N) is 1. The van der Waals surface area contributed by atoms with E-state index in [4.69, 9.17) is 5.11 Å². The first-order valence-corrected chi connectivity index (χ1v) is 10.1. The normalized spacial score (nSPS) is 29.5. The molecule has 2 N–H and O–H groups in total. The van der Waals surface area contributed by atoms with Gasteiger partial charge in [-0.1, -0.05) is 12.8 Å². The SMILES string of the molecule is O=C(CNCC1CCN(CCO)CC1)N1CCC[C@@H]2CCCC[C@@H]21. The van der Waals surface area contributed by atoms with Crippen molar-refractivity contribution in [3.05, 3.63) is 0 Å². The topological polar surface area (TPSA) is 55.8 Å². The Kier molecular flexibility index (Phi) is 6.93. The van der Waals surface area contributed by atoms with Crippen LogP contribution in [0.15, 0.2) is 0 Å². The summed E-state index contributed by atoms with van der Waals surface area (Å²) in [5, 5.41) is 12.4. The monoisotopic (exact) mass is 337 g/mol. The minimum atomic E-state index is 0.259. The summed E-state index contributed by atoms with van der Waals surface area (Å²) >= 11 is 0. The third-order valence-corrected chi connectivity index (χ3v) is 6.40. The number of likely N-dealkylation sites (tertiary alicyclic amines) is 2. The average Bonchev–Trinajstić information content (AvgIpc) is 2.63. The molecule has 2 saturated heterocycles. The third kappa shape index (κ3) is 4.70. The Morgan fingerprint density at radius 2 is 1.75 bits per heavy atom. The van der Waals surface area contributed by atoms with Crippen LogP contribution in [-0.4, -0.2) is 72.7 Å². The Bertz CT molecular complexity index is 394. The molecule has 0 aromatic heterocycles. The van der Waals surface area contributed by atoms with Crippen molar-refractivity contribution in [2.45, 2.75) is 57.4 Å². The molecule has 138 valence electrons. The minimum Gasteiger partial charge on any atom is -0.395 e. The largest absolute Gasteiger partial charge is 0.395 e. The van der Waals surface area contributed by atoms with Gasteiger partial charge in [0, 0.05) is 19.1 Å². The van der Waals surface area contributed by atoms with Crippen molar-refractivity contribution in [1.82, 2.24) is 15.1 Å². The Labute approximate surface area is 146 Å². The molecule has 0 aromatic carbocycles. The van der Waals surface area contributed by atoms with E-state index in [0.29, 0.717) is 24.4 Å². The van der Waals surface area contributed by atoms with E-state index in [0.717, 1.165) is 38.6 Å². The number of β-amino-alcohol motifs (C(OH)–C–C–N with tert-alkyl or cyclic N) is 1. The van der Waals surface area contributed by atoms with Crippen LogP contribution in [0.4, 0.5) is 0 Å². The zero-order valence-electron chi connectivity index (χ0n) is 15.1. The maximum absolute atomic E-state index is 12.7. The standard InChI is InChI=1S/C19H35N3O2/c23-13-12-21-10-7-16(8-11-21)14-20-15-19(24)22-9-3-5-17-4-1-2-6-18(17)22/h16-18,20,23H,1-15H2/t17-,18-/m0/s1. The smallest absolute Gasteiger partial charge is 0.236 e. The first kappa shape index (κ1) is 18.2. The first-order valence-electron chi connectivity index (χ1n) is 10.1. The highest BCUT2D eigenvalue weighted by Crippen LogP contribution is 2.35. The highest BCUT2D eigenvalue weighted by atomic mass is 16.3. The van der Waals surface area contributed by atoms with E-state index in [1.165, 1.54) is 51.4 Å². The second kappa shape index (κ2) is 9.16. The van der Waals surface area contributed by atoms with E-state index in [9.17, 15) is 4.79 Å². The van der Waals surface area contributed by atoms with E-state index in [-0.39, 0.29) is 6.61 Å². The van der Waals surface area contributed by atoms with Gasteiger partial charge in [-0.2, -0.15) is 0 Å². The van der Waals surface area contributed by atoms with Gasteiger partial charge in [-0.25, -0.2) is 0 Å². The van der Waals surface area contributed by atoms with E-state index < -0.39 is 0 Å². The molecule has 2 atom stereocenters. The number of amides is 1. The molecule has 0 bridgehead atoms. The number of hydrogen-bond donors (Lipinski definition) is 2. The first-order chi connectivity index (χ1) is 11.8. The molecular weight excluding hydrogens is 302 g/mol. The van der Waals surface area contributed by atoms with Crippen LogP contribution >= 0.6 is 0 Å². The average molecular weight is 338 g/mol. The van der Waals surface area contributed by atoms with Gasteiger partial charge in [-0.15, -0.1) is 0 Å². The van der Waals surface area contributed by atoms with Gasteiger partial charge in [0.05, 0.1) is 13.2 Å². The summed E-state index contributed by atoms with van der Waals surface area (Å²) < 4.78 is 0. The zero-order valence-corrected chi connectivity index (χ0v) is 15.1. The summed E-state index contributed by atoms with van der Waals surface area (Å²) in [7, 11) is 0. The van der Waals surface area contributed by atoms with Gasteiger partial charge >= 0.3 is 0 Å². The molecule has 0 aromatic rings. The number of carbonyl (C=O) groups excluding carboxylic acids is 1. The van der Waals surface area contributed by atoms with Gasteiger partial charge in [0.25, 0.3) is 0 Å². The molecule has 3 fully saturated rings. The molecule has 2 heterocycles. The van der Waals surface area contributed by atoms with Gasteiger partial charge in [-0.3, -0.25) is 4.79 Å². The fraction of sp³-hybridized carbons (Fsp3) is 0.947. The molecule has 5 nitrogen and oxygen atoms in total. The number of fused-ring (bicyclic) bond motifs is 1. The maximum Gasteiger partial charge on any atom is 0.236 e. The van der Waals surface area contributed by atoms with Gasteiger partial charge in [0.15, 0.2) is 0 Å². The van der Waals surface area contributed by atoms with E-state index in [2.05, 4.69) is 15.1 Å². The second-order valence-electron chi connectivity index (χ2n) is 7.98. The van der Waals surface area contributed by atoms with Crippen LogP contribution < -0.4 is 5.32 Å². The Morgan fingerprint density at radius 1 is 1.00 bits per heavy atom. The minimum absolute atomic E-state index is 0.259. The lowest BCUT2D eigenvalue weighted by molar-refractivity contribution is -0.136. The van der Waals surface area contributed by atoms with Crippen LogP contribution in [0, 0.1) is 11.8 Å². The molecule has 0 radical (unpaired) electrons. The lowest BCUT2D eigenvalue weighted by Gasteiger charge is -2.44. The molecule has 3 rings (SSSR count). The van der Waals surface area contributed by atoms with Crippen LogP contribution in [-0.2, 0) is 4.79 Å². The zero-order chi connectivity index (χ0) is 16.8. The van der Waals surface area contributed by atoms with E-state index >= 15 is 0 Å². The molecular formula is C19H35N3O2. The fourth-order valence-electron chi connectivity index (χ4n) is 4.97. The van der Waals surface area contributed by atoms with Crippen LogP contribution in [0.25, 0.3) is 0 Å². The fourth-order valence-corrected chi connectivity index (χ4v) is 4.97. The predicted molar refractivity (Wildman–Crippen MR) is 95.8 cm³/mol. The summed E-state index contributed by atoms with van der Waals surface area (Å²) in [5.74, 6) is 1.77. The number of aliphatic hydroxyl groups excluding tert-OH is 1. The molecule has 5 heteroatoms. The number of rotatable bonds is 6. The number of piperidine rings is 2. The van der Waals surface area contributed by atoms with Crippen molar-refractivity contribution in [1.29, 1.82) is 0 Å². The van der Waals surface area contributed by atoms with E-state index in [1.807, 2.05) is 0 Å². The van der Waals surface area contributed by atoms with Crippen LogP contribution in [0.2, 0.25) is 0 Å². The Hall–Kier alpha value is -0.650. The van der Waals surface area contributed by atoms with Crippen LogP contribution in [0.5, 0.6) is 0 Å². The molecule has 2 aliphatic heterocycles. The molecule has 0 unspecified atom stereocenters. The van der Waals surface area contributed by atoms with Crippen LogP contribution in [0.1, 0.15) is 51.4 Å². The molecule has 3 aliphatic rings. The summed E-state index contributed by atoms with van der Waals surface area (Å²) in [6.45, 7) is 5.67. The molecule has 0 spiro atoms. The molecule has 24 heavy (non-hydrogen) atoms. The van der Waals surface area contributed by atoms with Crippen LogP contribution in [0.3, 0.4) is 0 Å². The van der Waals surface area contributed by atoms with Crippen molar-refractivity contribution in [3.8, 4) is 0 Å².